The van der Waals surface area contributed by atoms with E-state index in [1.54, 1.807) is 0 Å². The van der Waals surface area contributed by atoms with Crippen molar-refractivity contribution in [1.29, 1.82) is 0 Å². The van der Waals surface area contributed by atoms with E-state index in [-0.39, 0.29) is 24.0 Å². The number of nitrogens with one attached hydrogen (secondary N) is 2. The van der Waals surface area contributed by atoms with Crippen molar-refractivity contribution in [2.45, 2.75) is 46.2 Å². The summed E-state index contributed by atoms with van der Waals surface area (Å²) in [6.07, 6.45) is 2.12. The predicted octanol–water partition coefficient (Wildman–Crippen LogP) is 3.34. The molecule has 0 spiro atoms. The third-order valence-corrected chi connectivity index (χ3v) is 4.90. The Kier molecular flexibility index (Phi) is 9.08. The molecule has 1 unspecified atom stereocenters. The molecular weight excluding hydrogens is 463 g/mol. The van der Waals surface area contributed by atoms with Crippen molar-refractivity contribution < 1.29 is 0 Å². The molecule has 0 aliphatic carbocycles. The number of aliphatic imine (C=N–C) groups is 1. The van der Waals surface area contributed by atoms with E-state index in [1.165, 1.54) is 11.4 Å². The second kappa shape index (κ2) is 11.3. The molecular formula is C21H33IN6. The molecule has 0 radical (unpaired) electrons. The standard InChI is InChI=1S/C21H32N6.HI/c1-4-22-21(23-12-8-13-27-18(3)15-17(2)25-27)24-19-11-14-26(16-19)20-9-6-5-7-10-20;/h5-7,9-10,15,19H,4,8,11-14,16H2,1-3H3,(H2,22,23,24);1H. The Bertz CT molecular complexity index is 743. The first-order valence-electron chi connectivity index (χ1n) is 10.0. The zero-order valence-corrected chi connectivity index (χ0v) is 19.5. The van der Waals surface area contributed by atoms with Gasteiger partial charge in [0.15, 0.2) is 5.96 Å². The van der Waals surface area contributed by atoms with E-state index in [0.29, 0.717) is 6.04 Å². The Balaban J connectivity index is 0.00000280. The highest BCUT2D eigenvalue weighted by Crippen LogP contribution is 2.19. The van der Waals surface area contributed by atoms with Crippen LogP contribution in [0.2, 0.25) is 0 Å². The summed E-state index contributed by atoms with van der Waals surface area (Å²) in [5.74, 6) is 0.922. The maximum Gasteiger partial charge on any atom is 0.191 e. The number of guanidine groups is 1. The summed E-state index contributed by atoms with van der Waals surface area (Å²) in [5, 5.41) is 11.5. The van der Waals surface area contributed by atoms with Gasteiger partial charge in [-0.25, -0.2) is 0 Å². The molecule has 1 fully saturated rings. The molecule has 6 nitrogen and oxygen atoms in total. The number of benzene rings is 1. The second-order valence-corrected chi connectivity index (χ2v) is 7.18. The summed E-state index contributed by atoms with van der Waals surface area (Å²) in [5.41, 5.74) is 3.59. The van der Waals surface area contributed by atoms with E-state index in [9.17, 15) is 0 Å². The van der Waals surface area contributed by atoms with Gasteiger partial charge in [0.2, 0.25) is 0 Å². The minimum atomic E-state index is 0. The van der Waals surface area contributed by atoms with Crippen LogP contribution >= 0.6 is 24.0 Å². The Morgan fingerprint density at radius 3 is 2.71 bits per heavy atom. The molecule has 0 amide bonds. The van der Waals surface area contributed by atoms with Gasteiger partial charge in [-0.15, -0.1) is 24.0 Å². The lowest BCUT2D eigenvalue weighted by atomic mass is 10.3. The molecule has 154 valence electrons. The minimum absolute atomic E-state index is 0. The summed E-state index contributed by atoms with van der Waals surface area (Å²) in [4.78, 5) is 7.20. The zero-order chi connectivity index (χ0) is 19.1. The molecule has 2 aromatic rings. The van der Waals surface area contributed by atoms with Crippen LogP contribution in [0, 0.1) is 13.8 Å². The van der Waals surface area contributed by atoms with E-state index in [2.05, 4.69) is 75.6 Å². The van der Waals surface area contributed by atoms with Gasteiger partial charge in [-0.1, -0.05) is 18.2 Å². The molecule has 1 saturated heterocycles. The van der Waals surface area contributed by atoms with E-state index in [1.807, 2.05) is 6.92 Å². The maximum absolute atomic E-state index is 4.76. The third kappa shape index (κ3) is 6.39. The summed E-state index contributed by atoms with van der Waals surface area (Å²) >= 11 is 0. The van der Waals surface area contributed by atoms with Crippen molar-refractivity contribution in [3.8, 4) is 0 Å². The number of halogens is 1. The van der Waals surface area contributed by atoms with Gasteiger partial charge in [0.25, 0.3) is 0 Å². The van der Waals surface area contributed by atoms with Crippen molar-refractivity contribution in [1.82, 2.24) is 20.4 Å². The first-order chi connectivity index (χ1) is 13.2. The van der Waals surface area contributed by atoms with Gasteiger partial charge in [0.1, 0.15) is 0 Å². The molecule has 7 heteroatoms. The lowest BCUT2D eigenvalue weighted by Gasteiger charge is -2.20. The number of hydrogen-bond donors (Lipinski definition) is 2. The lowest BCUT2D eigenvalue weighted by Crippen LogP contribution is -2.44. The summed E-state index contributed by atoms with van der Waals surface area (Å²) in [6.45, 7) is 10.9. The zero-order valence-electron chi connectivity index (χ0n) is 17.2. The van der Waals surface area contributed by atoms with Crippen LogP contribution in [0.1, 0.15) is 31.2 Å². The van der Waals surface area contributed by atoms with Crippen LogP contribution in [0.25, 0.3) is 0 Å². The van der Waals surface area contributed by atoms with Crippen LogP contribution in [0.4, 0.5) is 5.69 Å². The fourth-order valence-electron chi connectivity index (χ4n) is 3.58. The number of nitrogens with zero attached hydrogens (tertiary/aromatic N) is 4. The number of anilines is 1. The van der Waals surface area contributed by atoms with Crippen LogP contribution < -0.4 is 15.5 Å². The SMILES string of the molecule is CCNC(=NCCCn1nc(C)cc1C)NC1CCN(c2ccccc2)C1.I. The van der Waals surface area contributed by atoms with Crippen molar-refractivity contribution >= 4 is 35.6 Å². The molecule has 1 aliphatic heterocycles. The van der Waals surface area contributed by atoms with Gasteiger partial charge in [-0.05, 0) is 51.8 Å². The van der Waals surface area contributed by atoms with Crippen LogP contribution in [-0.4, -0.2) is 48.0 Å². The van der Waals surface area contributed by atoms with Crippen molar-refractivity contribution in [3.05, 3.63) is 47.8 Å². The van der Waals surface area contributed by atoms with Gasteiger partial charge in [-0.3, -0.25) is 9.67 Å². The minimum Gasteiger partial charge on any atom is -0.369 e. The van der Waals surface area contributed by atoms with Crippen molar-refractivity contribution in [3.63, 3.8) is 0 Å². The lowest BCUT2D eigenvalue weighted by molar-refractivity contribution is 0.565. The average molecular weight is 496 g/mol. The fraction of sp³-hybridized carbons (Fsp3) is 0.524. The fourth-order valence-corrected chi connectivity index (χ4v) is 3.58. The monoisotopic (exact) mass is 496 g/mol. The van der Waals surface area contributed by atoms with Crippen molar-refractivity contribution in [2.75, 3.05) is 31.1 Å². The molecule has 2 N–H and O–H groups in total. The summed E-state index contributed by atoms with van der Waals surface area (Å²) in [7, 11) is 0. The van der Waals surface area contributed by atoms with Gasteiger partial charge < -0.3 is 15.5 Å². The number of rotatable bonds is 7. The van der Waals surface area contributed by atoms with Crippen LogP contribution in [0.15, 0.2) is 41.4 Å². The molecule has 0 bridgehead atoms. The Hall–Kier alpha value is -1.77. The van der Waals surface area contributed by atoms with E-state index < -0.39 is 0 Å². The largest absolute Gasteiger partial charge is 0.369 e. The quantitative estimate of drug-likeness (QED) is 0.267. The number of aromatic nitrogens is 2. The molecule has 2 heterocycles. The van der Waals surface area contributed by atoms with Gasteiger partial charge >= 0.3 is 0 Å². The van der Waals surface area contributed by atoms with Gasteiger partial charge in [0.05, 0.1) is 5.69 Å². The topological polar surface area (TPSA) is 57.5 Å². The van der Waals surface area contributed by atoms with Gasteiger partial charge in [-0.2, -0.15) is 5.10 Å². The molecule has 1 aliphatic rings. The molecule has 28 heavy (non-hydrogen) atoms. The first kappa shape index (κ1) is 22.5. The predicted molar refractivity (Wildman–Crippen MR) is 128 cm³/mol. The number of hydrogen-bond acceptors (Lipinski definition) is 3. The first-order valence-corrected chi connectivity index (χ1v) is 10.0. The van der Waals surface area contributed by atoms with Crippen LogP contribution in [0.3, 0.4) is 0 Å². The summed E-state index contributed by atoms with van der Waals surface area (Å²) in [6, 6.07) is 13.2. The Morgan fingerprint density at radius 1 is 1.25 bits per heavy atom. The summed E-state index contributed by atoms with van der Waals surface area (Å²) < 4.78 is 2.07. The van der Waals surface area contributed by atoms with Gasteiger partial charge in [0, 0.05) is 50.1 Å². The third-order valence-electron chi connectivity index (χ3n) is 4.90. The molecule has 1 aromatic heterocycles. The highest BCUT2D eigenvalue weighted by molar-refractivity contribution is 14.0. The highest BCUT2D eigenvalue weighted by atomic mass is 127. The molecule has 3 rings (SSSR count). The number of para-hydroxylation sites is 1. The molecule has 0 saturated carbocycles. The Morgan fingerprint density at radius 2 is 2.04 bits per heavy atom. The van der Waals surface area contributed by atoms with Crippen LogP contribution in [0.5, 0.6) is 0 Å². The smallest absolute Gasteiger partial charge is 0.191 e. The molecule has 1 aromatic carbocycles. The van der Waals surface area contributed by atoms with E-state index in [0.717, 1.165) is 57.2 Å². The highest BCUT2D eigenvalue weighted by Gasteiger charge is 2.23. The van der Waals surface area contributed by atoms with E-state index in [4.69, 9.17) is 4.99 Å². The second-order valence-electron chi connectivity index (χ2n) is 7.18. The Labute approximate surface area is 185 Å². The normalized spacial score (nSPS) is 16.8. The number of aryl methyl sites for hydroxylation is 3. The van der Waals surface area contributed by atoms with Crippen LogP contribution in [-0.2, 0) is 6.54 Å². The maximum atomic E-state index is 4.76. The van der Waals surface area contributed by atoms with Crippen molar-refractivity contribution in [2.24, 2.45) is 4.99 Å². The molecule has 1 atom stereocenters. The average Bonchev–Trinajstić information content (AvgIpc) is 3.25. The van der Waals surface area contributed by atoms with E-state index >= 15 is 0 Å².